The number of ketones is 1. The van der Waals surface area contributed by atoms with E-state index in [0.29, 0.717) is 11.3 Å². The van der Waals surface area contributed by atoms with E-state index in [1.165, 1.54) is 0 Å². The first kappa shape index (κ1) is 16.9. The molecule has 1 aromatic carbocycles. The van der Waals surface area contributed by atoms with Gasteiger partial charge >= 0.3 is 5.97 Å². The molecule has 0 N–H and O–H groups in total. The number of rotatable bonds is 6. The fourth-order valence-corrected chi connectivity index (χ4v) is 2.65. The summed E-state index contributed by atoms with van der Waals surface area (Å²) in [6.45, 7) is 3.75. The van der Waals surface area contributed by atoms with E-state index >= 15 is 0 Å². The molecule has 0 aliphatic carbocycles. The molecular formula is C15H18IN3O3. The maximum Gasteiger partial charge on any atom is 0.313 e. The zero-order valence-corrected chi connectivity index (χ0v) is 14.6. The minimum Gasteiger partial charge on any atom is -0.466 e. The SMILES string of the molecule is CCOC(=O)CC(=O)c1cc(I)ccc1N=NN1CCCC1. The van der Waals surface area contributed by atoms with Crippen molar-refractivity contribution in [3.63, 3.8) is 0 Å². The number of ether oxygens (including phenoxy) is 1. The third-order valence-corrected chi connectivity index (χ3v) is 3.90. The van der Waals surface area contributed by atoms with Crippen LogP contribution in [0.3, 0.4) is 0 Å². The summed E-state index contributed by atoms with van der Waals surface area (Å²) in [5.41, 5.74) is 0.893. The number of esters is 1. The molecule has 0 bridgehead atoms. The summed E-state index contributed by atoms with van der Waals surface area (Å²) >= 11 is 2.12. The van der Waals surface area contributed by atoms with Crippen molar-refractivity contribution in [3.05, 3.63) is 27.3 Å². The number of Topliss-reactive ketones (excluding diaryl/α,β-unsaturated/α-hetero) is 1. The average molecular weight is 415 g/mol. The van der Waals surface area contributed by atoms with Crippen LogP contribution >= 0.6 is 22.6 Å². The van der Waals surface area contributed by atoms with Gasteiger partial charge in [-0.25, -0.2) is 0 Å². The molecule has 6 nitrogen and oxygen atoms in total. The monoisotopic (exact) mass is 415 g/mol. The van der Waals surface area contributed by atoms with Gasteiger partial charge in [-0.2, -0.15) is 0 Å². The van der Waals surface area contributed by atoms with Crippen molar-refractivity contribution in [2.75, 3.05) is 19.7 Å². The minimum atomic E-state index is -0.520. The number of carbonyl (C=O) groups excluding carboxylic acids is 2. The topological polar surface area (TPSA) is 71.3 Å². The van der Waals surface area contributed by atoms with Crippen molar-refractivity contribution < 1.29 is 14.3 Å². The maximum absolute atomic E-state index is 12.3. The minimum absolute atomic E-state index is 0.264. The predicted molar refractivity (Wildman–Crippen MR) is 90.1 cm³/mol. The molecule has 0 saturated carbocycles. The van der Waals surface area contributed by atoms with Gasteiger partial charge in [-0.3, -0.25) is 14.6 Å². The molecule has 1 heterocycles. The molecule has 0 spiro atoms. The van der Waals surface area contributed by atoms with Crippen molar-refractivity contribution in [1.82, 2.24) is 5.01 Å². The molecule has 0 amide bonds. The van der Waals surface area contributed by atoms with Crippen LogP contribution < -0.4 is 0 Å². The van der Waals surface area contributed by atoms with E-state index in [2.05, 4.69) is 32.9 Å². The Kier molecular flexibility index (Phi) is 6.29. The molecule has 0 aromatic heterocycles. The Bertz CT molecular complexity index is 583. The number of carbonyl (C=O) groups is 2. The fourth-order valence-electron chi connectivity index (χ4n) is 2.16. The Hall–Kier alpha value is -1.51. The lowest BCUT2D eigenvalue weighted by Gasteiger charge is -2.09. The largest absolute Gasteiger partial charge is 0.466 e. The summed E-state index contributed by atoms with van der Waals surface area (Å²) in [4.78, 5) is 23.8. The first-order valence-electron chi connectivity index (χ1n) is 7.25. The summed E-state index contributed by atoms with van der Waals surface area (Å²) in [6, 6.07) is 5.33. The van der Waals surface area contributed by atoms with E-state index in [0.717, 1.165) is 29.5 Å². The van der Waals surface area contributed by atoms with E-state index in [9.17, 15) is 9.59 Å². The van der Waals surface area contributed by atoms with Crippen LogP contribution in [0, 0.1) is 3.57 Å². The molecule has 1 fully saturated rings. The summed E-state index contributed by atoms with van der Waals surface area (Å²) in [6.07, 6.45) is 1.95. The summed E-state index contributed by atoms with van der Waals surface area (Å²) in [5.74, 6) is -0.818. The second kappa shape index (κ2) is 8.21. The highest BCUT2D eigenvalue weighted by Gasteiger charge is 2.17. The Balaban J connectivity index is 2.16. The summed E-state index contributed by atoms with van der Waals surface area (Å²) in [7, 11) is 0. The van der Waals surface area contributed by atoms with Crippen LogP contribution in [0.2, 0.25) is 0 Å². The highest BCUT2D eigenvalue weighted by molar-refractivity contribution is 14.1. The van der Waals surface area contributed by atoms with Crippen molar-refractivity contribution in [2.45, 2.75) is 26.2 Å². The lowest BCUT2D eigenvalue weighted by molar-refractivity contribution is -0.141. The van der Waals surface area contributed by atoms with Crippen LogP contribution in [-0.4, -0.2) is 36.5 Å². The fraction of sp³-hybridized carbons (Fsp3) is 0.467. The van der Waals surface area contributed by atoms with Crippen LogP contribution in [0.4, 0.5) is 5.69 Å². The highest BCUT2D eigenvalue weighted by Crippen LogP contribution is 2.24. The van der Waals surface area contributed by atoms with E-state index in [-0.39, 0.29) is 18.8 Å². The van der Waals surface area contributed by atoms with Gasteiger partial charge in [-0.15, -0.1) is 5.11 Å². The normalized spacial score (nSPS) is 14.5. The summed E-state index contributed by atoms with van der Waals surface area (Å²) < 4.78 is 5.73. The lowest BCUT2D eigenvalue weighted by Crippen LogP contribution is -2.12. The Labute approximate surface area is 143 Å². The number of nitrogens with zero attached hydrogens (tertiary/aromatic N) is 3. The predicted octanol–water partition coefficient (Wildman–Crippen LogP) is 3.52. The van der Waals surface area contributed by atoms with Gasteiger partial charge in [0, 0.05) is 22.2 Å². The molecule has 22 heavy (non-hydrogen) atoms. The van der Waals surface area contributed by atoms with Gasteiger partial charge in [0.2, 0.25) is 0 Å². The Morgan fingerprint density at radius 1 is 1.32 bits per heavy atom. The number of hydrogen-bond donors (Lipinski definition) is 0. The van der Waals surface area contributed by atoms with E-state index < -0.39 is 5.97 Å². The maximum atomic E-state index is 12.3. The Morgan fingerprint density at radius 2 is 2.05 bits per heavy atom. The van der Waals surface area contributed by atoms with Gasteiger partial charge in [0.1, 0.15) is 6.42 Å². The van der Waals surface area contributed by atoms with E-state index in [1.54, 1.807) is 19.1 Å². The second-order valence-corrected chi connectivity index (χ2v) is 6.16. The summed E-state index contributed by atoms with van der Waals surface area (Å²) in [5, 5.41) is 10.2. The first-order chi connectivity index (χ1) is 10.6. The molecule has 1 aliphatic heterocycles. The molecule has 1 aliphatic rings. The van der Waals surface area contributed by atoms with Crippen molar-refractivity contribution in [2.24, 2.45) is 10.3 Å². The number of halogens is 1. The molecule has 0 unspecified atom stereocenters. The van der Waals surface area contributed by atoms with Gasteiger partial charge in [-0.1, -0.05) is 5.22 Å². The van der Waals surface area contributed by atoms with Gasteiger partial charge in [0.15, 0.2) is 5.78 Å². The van der Waals surface area contributed by atoms with Crippen LogP contribution in [-0.2, 0) is 9.53 Å². The van der Waals surface area contributed by atoms with E-state index in [1.807, 2.05) is 11.1 Å². The highest BCUT2D eigenvalue weighted by atomic mass is 127. The molecule has 1 saturated heterocycles. The van der Waals surface area contributed by atoms with Crippen molar-refractivity contribution >= 4 is 40.0 Å². The van der Waals surface area contributed by atoms with E-state index in [4.69, 9.17) is 4.74 Å². The molecule has 7 heteroatoms. The number of hydrogen-bond acceptors (Lipinski definition) is 5. The van der Waals surface area contributed by atoms with Gasteiger partial charge in [0.05, 0.1) is 12.3 Å². The van der Waals surface area contributed by atoms with Crippen LogP contribution in [0.5, 0.6) is 0 Å². The smallest absolute Gasteiger partial charge is 0.313 e. The first-order valence-corrected chi connectivity index (χ1v) is 8.33. The van der Waals surface area contributed by atoms with Gasteiger partial charge in [0.25, 0.3) is 0 Å². The lowest BCUT2D eigenvalue weighted by atomic mass is 10.1. The van der Waals surface area contributed by atoms with Crippen LogP contribution in [0.25, 0.3) is 0 Å². The zero-order valence-electron chi connectivity index (χ0n) is 12.4. The quantitative estimate of drug-likeness (QED) is 0.234. The van der Waals surface area contributed by atoms with Gasteiger partial charge in [-0.05, 0) is 60.6 Å². The third-order valence-electron chi connectivity index (χ3n) is 3.23. The molecule has 2 rings (SSSR count). The molecule has 0 radical (unpaired) electrons. The standard InChI is InChI=1S/C15H18IN3O3/c1-2-22-15(21)10-14(20)12-9-11(16)5-6-13(12)17-18-19-7-3-4-8-19/h5-6,9H,2-4,7-8,10H2,1H3. The van der Waals surface area contributed by atoms with Crippen LogP contribution in [0.15, 0.2) is 28.5 Å². The Morgan fingerprint density at radius 3 is 2.73 bits per heavy atom. The van der Waals surface area contributed by atoms with Crippen LogP contribution in [0.1, 0.15) is 36.5 Å². The van der Waals surface area contributed by atoms with Gasteiger partial charge < -0.3 is 4.74 Å². The average Bonchev–Trinajstić information content (AvgIpc) is 2.99. The number of benzene rings is 1. The molecule has 0 atom stereocenters. The molecule has 1 aromatic rings. The molecule has 118 valence electrons. The second-order valence-electron chi connectivity index (χ2n) is 4.92. The third kappa shape index (κ3) is 4.75. The molecular weight excluding hydrogens is 397 g/mol. The van der Waals surface area contributed by atoms with Crippen molar-refractivity contribution in [3.8, 4) is 0 Å². The van der Waals surface area contributed by atoms with Crippen molar-refractivity contribution in [1.29, 1.82) is 0 Å². The zero-order chi connectivity index (χ0) is 15.9.